The minimum Gasteiger partial charge on any atom is -0.274 e. The molecule has 2 aromatic heterocycles. The standard InChI is InChI=1S/C20H15FN6S/c1-12-18(14-5-3-2-4-6-14)26-27-19(24-25-20(27)28-12)17-11-16(22-23-17)13-7-9-15(21)10-8-13/h2-12H,1H3,(H,22,23). The van der Waals surface area contributed by atoms with Gasteiger partial charge in [-0.25, -0.2) is 4.39 Å². The maximum atomic E-state index is 13.2. The number of halogens is 1. The molecule has 0 saturated carbocycles. The molecule has 0 fully saturated rings. The first-order valence-corrected chi connectivity index (χ1v) is 9.65. The van der Waals surface area contributed by atoms with Crippen LogP contribution in [0.1, 0.15) is 12.5 Å². The Morgan fingerprint density at radius 2 is 1.79 bits per heavy atom. The van der Waals surface area contributed by atoms with Gasteiger partial charge in [0.1, 0.15) is 11.5 Å². The Kier molecular flexibility index (Phi) is 4.05. The maximum absolute atomic E-state index is 13.2. The summed E-state index contributed by atoms with van der Waals surface area (Å²) >= 11 is 1.62. The molecule has 0 bridgehead atoms. The van der Waals surface area contributed by atoms with E-state index in [0.29, 0.717) is 17.2 Å². The number of benzene rings is 2. The van der Waals surface area contributed by atoms with E-state index in [1.54, 1.807) is 28.6 Å². The molecule has 5 rings (SSSR count). The summed E-state index contributed by atoms with van der Waals surface area (Å²) in [6.07, 6.45) is 0. The highest BCUT2D eigenvalue weighted by Crippen LogP contribution is 2.33. The lowest BCUT2D eigenvalue weighted by molar-refractivity contribution is 0.628. The summed E-state index contributed by atoms with van der Waals surface area (Å²) in [5.41, 5.74) is 4.27. The van der Waals surface area contributed by atoms with Crippen LogP contribution >= 0.6 is 11.8 Å². The van der Waals surface area contributed by atoms with E-state index < -0.39 is 0 Å². The highest BCUT2D eigenvalue weighted by Gasteiger charge is 2.26. The number of hydrogen-bond acceptors (Lipinski definition) is 5. The molecule has 0 spiro atoms. The van der Waals surface area contributed by atoms with Gasteiger partial charge in [0.05, 0.1) is 16.7 Å². The molecule has 1 N–H and O–H groups in total. The molecule has 0 aliphatic carbocycles. The Bertz CT molecular complexity index is 1160. The van der Waals surface area contributed by atoms with Crippen LogP contribution in [0.4, 0.5) is 4.39 Å². The van der Waals surface area contributed by atoms with Gasteiger partial charge in [0, 0.05) is 5.56 Å². The zero-order chi connectivity index (χ0) is 19.1. The summed E-state index contributed by atoms with van der Waals surface area (Å²) in [5.74, 6) is 0.309. The van der Waals surface area contributed by atoms with Crippen molar-refractivity contribution in [3.8, 4) is 22.8 Å². The van der Waals surface area contributed by atoms with Crippen LogP contribution in [0.25, 0.3) is 22.8 Å². The van der Waals surface area contributed by atoms with E-state index in [0.717, 1.165) is 22.0 Å². The lowest BCUT2D eigenvalue weighted by atomic mass is 10.1. The van der Waals surface area contributed by atoms with E-state index in [2.05, 4.69) is 27.3 Å². The van der Waals surface area contributed by atoms with Crippen molar-refractivity contribution in [2.75, 3.05) is 0 Å². The summed E-state index contributed by atoms with van der Waals surface area (Å²) in [7, 11) is 0. The zero-order valence-electron chi connectivity index (χ0n) is 14.9. The van der Waals surface area contributed by atoms with Gasteiger partial charge in [-0.2, -0.15) is 14.9 Å². The number of H-pyrrole nitrogens is 1. The third-order valence-electron chi connectivity index (χ3n) is 4.52. The van der Waals surface area contributed by atoms with E-state index >= 15 is 0 Å². The summed E-state index contributed by atoms with van der Waals surface area (Å²) in [4.78, 5) is 0. The average Bonchev–Trinajstić information content (AvgIpc) is 3.35. The molecule has 138 valence electrons. The smallest absolute Gasteiger partial charge is 0.213 e. The molecule has 1 atom stereocenters. The van der Waals surface area contributed by atoms with Crippen molar-refractivity contribution in [2.24, 2.45) is 5.10 Å². The van der Waals surface area contributed by atoms with Crippen LogP contribution in [0.2, 0.25) is 0 Å². The first-order valence-electron chi connectivity index (χ1n) is 8.77. The Balaban J connectivity index is 1.55. The number of hydrogen-bond donors (Lipinski definition) is 1. The molecule has 0 amide bonds. The van der Waals surface area contributed by atoms with Crippen LogP contribution in [0.5, 0.6) is 0 Å². The third kappa shape index (κ3) is 2.91. The monoisotopic (exact) mass is 390 g/mol. The Labute approximate surface area is 164 Å². The summed E-state index contributed by atoms with van der Waals surface area (Å²) < 4.78 is 14.9. The van der Waals surface area contributed by atoms with Crippen LogP contribution in [0.15, 0.2) is 70.9 Å². The van der Waals surface area contributed by atoms with E-state index in [1.165, 1.54) is 12.1 Å². The maximum Gasteiger partial charge on any atom is 0.213 e. The van der Waals surface area contributed by atoms with Gasteiger partial charge >= 0.3 is 0 Å². The van der Waals surface area contributed by atoms with E-state index in [-0.39, 0.29) is 11.1 Å². The quantitative estimate of drug-likeness (QED) is 0.568. The largest absolute Gasteiger partial charge is 0.274 e. The fraction of sp³-hybridized carbons (Fsp3) is 0.100. The third-order valence-corrected chi connectivity index (χ3v) is 5.56. The van der Waals surface area contributed by atoms with Crippen LogP contribution < -0.4 is 0 Å². The van der Waals surface area contributed by atoms with Gasteiger partial charge in [0.2, 0.25) is 11.0 Å². The molecule has 0 saturated heterocycles. The highest BCUT2D eigenvalue weighted by molar-refractivity contribution is 8.00. The van der Waals surface area contributed by atoms with E-state index in [4.69, 9.17) is 5.10 Å². The molecule has 0 radical (unpaired) electrons. The molecular formula is C20H15FN6S. The molecule has 2 aromatic carbocycles. The number of nitrogens with one attached hydrogen (secondary N) is 1. The van der Waals surface area contributed by atoms with Crippen molar-refractivity contribution >= 4 is 17.5 Å². The second kappa shape index (κ2) is 6.72. The number of fused-ring (bicyclic) bond motifs is 1. The molecular weight excluding hydrogens is 375 g/mol. The summed E-state index contributed by atoms with van der Waals surface area (Å²) in [6, 6.07) is 18.2. The number of nitrogens with zero attached hydrogens (tertiary/aromatic N) is 5. The summed E-state index contributed by atoms with van der Waals surface area (Å²) in [6.45, 7) is 2.11. The zero-order valence-corrected chi connectivity index (χ0v) is 15.7. The van der Waals surface area contributed by atoms with Gasteiger partial charge in [-0.05, 0) is 42.8 Å². The lowest BCUT2D eigenvalue weighted by Gasteiger charge is -2.19. The molecule has 6 nitrogen and oxygen atoms in total. The van der Waals surface area contributed by atoms with E-state index in [1.807, 2.05) is 36.4 Å². The van der Waals surface area contributed by atoms with Crippen LogP contribution in [-0.2, 0) is 0 Å². The SMILES string of the molecule is CC1Sc2nnc(-c3cc(-c4ccc(F)cc4)n[nH]3)n2N=C1c1ccccc1. The molecule has 4 aromatic rings. The molecule has 1 aliphatic rings. The van der Waals surface area contributed by atoms with Gasteiger partial charge in [-0.3, -0.25) is 5.10 Å². The Morgan fingerprint density at radius 3 is 2.57 bits per heavy atom. The van der Waals surface area contributed by atoms with Crippen molar-refractivity contribution in [1.29, 1.82) is 0 Å². The van der Waals surface area contributed by atoms with Crippen LogP contribution in [-0.4, -0.2) is 36.0 Å². The number of rotatable bonds is 3. The highest BCUT2D eigenvalue weighted by atomic mass is 32.2. The minimum absolute atomic E-state index is 0.170. The number of aromatic nitrogens is 5. The summed E-state index contributed by atoms with van der Waals surface area (Å²) in [5, 5.41) is 21.6. The predicted octanol–water partition coefficient (Wildman–Crippen LogP) is 4.22. The minimum atomic E-state index is -0.278. The van der Waals surface area contributed by atoms with Gasteiger partial charge in [-0.1, -0.05) is 42.1 Å². The second-order valence-corrected chi connectivity index (χ2v) is 7.71. The number of thioether (sulfide) groups is 1. The fourth-order valence-electron chi connectivity index (χ4n) is 3.11. The van der Waals surface area contributed by atoms with Gasteiger partial charge in [0.25, 0.3) is 0 Å². The van der Waals surface area contributed by atoms with Crippen LogP contribution in [0, 0.1) is 5.82 Å². The predicted molar refractivity (Wildman–Crippen MR) is 107 cm³/mol. The van der Waals surface area contributed by atoms with E-state index in [9.17, 15) is 4.39 Å². The average molecular weight is 390 g/mol. The first kappa shape index (κ1) is 16.9. The fourth-order valence-corrected chi connectivity index (χ4v) is 4.03. The van der Waals surface area contributed by atoms with Crippen molar-refractivity contribution in [3.05, 3.63) is 72.0 Å². The lowest BCUT2D eigenvalue weighted by Crippen LogP contribution is -2.21. The topological polar surface area (TPSA) is 71.8 Å². The Hall–Kier alpha value is -3.26. The normalized spacial score (nSPS) is 15.9. The molecule has 8 heteroatoms. The van der Waals surface area contributed by atoms with Crippen molar-refractivity contribution in [3.63, 3.8) is 0 Å². The van der Waals surface area contributed by atoms with Crippen LogP contribution in [0.3, 0.4) is 0 Å². The van der Waals surface area contributed by atoms with Gasteiger partial charge in [-0.15, -0.1) is 10.2 Å². The van der Waals surface area contributed by atoms with Gasteiger partial charge < -0.3 is 0 Å². The molecule has 1 unspecified atom stereocenters. The van der Waals surface area contributed by atoms with Crippen molar-refractivity contribution in [1.82, 2.24) is 25.1 Å². The number of aromatic amines is 1. The second-order valence-electron chi connectivity index (χ2n) is 6.40. The molecule has 3 heterocycles. The molecule has 28 heavy (non-hydrogen) atoms. The molecule has 1 aliphatic heterocycles. The Morgan fingerprint density at radius 1 is 1.00 bits per heavy atom. The van der Waals surface area contributed by atoms with Crippen molar-refractivity contribution < 1.29 is 4.39 Å². The van der Waals surface area contributed by atoms with Crippen molar-refractivity contribution in [2.45, 2.75) is 17.3 Å². The first-order chi connectivity index (χ1) is 13.7. The van der Waals surface area contributed by atoms with Gasteiger partial charge in [0.15, 0.2) is 0 Å².